The third-order valence-corrected chi connectivity index (χ3v) is 9.51. The number of hydrogen-bond acceptors (Lipinski definition) is 4. The van der Waals surface area contributed by atoms with Crippen LogP contribution in [0.25, 0.3) is 11.3 Å². The molecule has 2 fully saturated rings. The number of benzene rings is 1. The molecule has 2 bridgehead atoms. The van der Waals surface area contributed by atoms with Gasteiger partial charge in [-0.05, 0) is 66.7 Å². The molecule has 3 atom stereocenters. The minimum absolute atomic E-state index is 0.137. The Bertz CT molecular complexity index is 1150. The SMILES string of the molecule is CC1(C)[C@H]2CC[C@]1([C@H]1CCCN(S(C)(=O)=O)C1)c1nnc(-c3c(F)cccc3F)cc12. The first-order chi connectivity index (χ1) is 14.6. The molecule has 0 spiro atoms. The molecule has 1 saturated carbocycles. The quantitative estimate of drug-likeness (QED) is 0.706. The Labute approximate surface area is 181 Å². The Kier molecular flexibility index (Phi) is 4.58. The van der Waals surface area contributed by atoms with Crippen LogP contribution < -0.4 is 0 Å². The fourth-order valence-electron chi connectivity index (χ4n) is 6.79. The molecule has 5 nitrogen and oxygen atoms in total. The Balaban J connectivity index is 1.62. The maximum Gasteiger partial charge on any atom is 0.211 e. The van der Waals surface area contributed by atoms with Crippen molar-refractivity contribution in [1.29, 1.82) is 0 Å². The second-order valence-corrected chi connectivity index (χ2v) is 11.9. The Hall–Kier alpha value is -1.93. The lowest BCUT2D eigenvalue weighted by atomic mass is 9.59. The molecule has 1 aliphatic heterocycles. The van der Waals surface area contributed by atoms with E-state index in [4.69, 9.17) is 0 Å². The highest BCUT2D eigenvalue weighted by Gasteiger charge is 2.66. The molecular formula is C23H27F2N3O2S. The van der Waals surface area contributed by atoms with E-state index in [1.54, 1.807) is 4.31 Å². The first kappa shape index (κ1) is 20.9. The van der Waals surface area contributed by atoms with Crippen LogP contribution in [0.4, 0.5) is 8.78 Å². The van der Waals surface area contributed by atoms with E-state index in [1.807, 2.05) is 6.07 Å². The average molecular weight is 448 g/mol. The van der Waals surface area contributed by atoms with Crippen molar-refractivity contribution in [2.45, 2.75) is 50.9 Å². The lowest BCUT2D eigenvalue weighted by molar-refractivity contribution is 0.0833. The fraction of sp³-hybridized carbons (Fsp3) is 0.565. The second kappa shape index (κ2) is 6.78. The molecule has 2 heterocycles. The molecule has 166 valence electrons. The van der Waals surface area contributed by atoms with Crippen molar-refractivity contribution in [2.75, 3.05) is 19.3 Å². The molecule has 8 heteroatoms. The predicted octanol–water partition coefficient (Wildman–Crippen LogP) is 4.25. The number of rotatable bonds is 3. The van der Waals surface area contributed by atoms with Gasteiger partial charge in [0.25, 0.3) is 0 Å². The third kappa shape index (κ3) is 2.83. The van der Waals surface area contributed by atoms with Crippen molar-refractivity contribution in [1.82, 2.24) is 14.5 Å². The predicted molar refractivity (Wildman–Crippen MR) is 114 cm³/mol. The van der Waals surface area contributed by atoms with E-state index in [2.05, 4.69) is 24.0 Å². The van der Waals surface area contributed by atoms with Crippen molar-refractivity contribution in [3.63, 3.8) is 0 Å². The fourth-order valence-corrected chi connectivity index (χ4v) is 7.70. The number of hydrogen-bond donors (Lipinski definition) is 0. The van der Waals surface area contributed by atoms with E-state index >= 15 is 0 Å². The molecule has 0 amide bonds. The van der Waals surface area contributed by atoms with Gasteiger partial charge in [-0.3, -0.25) is 0 Å². The molecule has 2 aromatic rings. The topological polar surface area (TPSA) is 63.2 Å². The van der Waals surface area contributed by atoms with Crippen LogP contribution in [0, 0.1) is 23.0 Å². The van der Waals surface area contributed by atoms with Gasteiger partial charge in [-0.15, -0.1) is 0 Å². The maximum atomic E-state index is 14.4. The van der Waals surface area contributed by atoms with E-state index in [1.165, 1.54) is 24.5 Å². The van der Waals surface area contributed by atoms with Crippen LogP contribution in [0.2, 0.25) is 0 Å². The number of sulfonamides is 1. The van der Waals surface area contributed by atoms with E-state index in [0.717, 1.165) is 36.9 Å². The van der Waals surface area contributed by atoms with Crippen LogP contribution in [0.5, 0.6) is 0 Å². The summed E-state index contributed by atoms with van der Waals surface area (Å²) < 4.78 is 54.8. The molecule has 1 aromatic carbocycles. The lowest BCUT2D eigenvalue weighted by Crippen LogP contribution is -2.51. The number of halogens is 2. The van der Waals surface area contributed by atoms with Crippen molar-refractivity contribution < 1.29 is 17.2 Å². The Morgan fingerprint density at radius 3 is 2.52 bits per heavy atom. The summed E-state index contributed by atoms with van der Waals surface area (Å²) >= 11 is 0. The van der Waals surface area contributed by atoms with Gasteiger partial charge in [-0.2, -0.15) is 10.2 Å². The summed E-state index contributed by atoms with van der Waals surface area (Å²) in [6.07, 6.45) is 4.92. The molecular weight excluding hydrogens is 420 g/mol. The standard InChI is InChI=1S/C23H27F2N3O2S/c1-22(2)16-9-10-23(22,14-6-5-11-28(13-14)31(3,29)30)21-15(16)12-19(26-27-21)20-17(24)7-4-8-18(20)25/h4,7-8,12,14,16H,5-6,9-11,13H2,1-3H3/t14-,16-,23-/m0/s1. The molecule has 0 unspecified atom stereocenters. The monoisotopic (exact) mass is 447 g/mol. The maximum absolute atomic E-state index is 14.4. The van der Waals surface area contributed by atoms with Crippen LogP contribution in [0.15, 0.2) is 24.3 Å². The molecule has 1 aromatic heterocycles. The summed E-state index contributed by atoms with van der Waals surface area (Å²) in [5.41, 5.74) is 1.56. The van der Waals surface area contributed by atoms with Gasteiger partial charge in [0, 0.05) is 18.5 Å². The van der Waals surface area contributed by atoms with Crippen LogP contribution in [0.1, 0.15) is 56.7 Å². The molecule has 3 aliphatic rings. The highest BCUT2D eigenvalue weighted by atomic mass is 32.2. The Morgan fingerprint density at radius 1 is 1.13 bits per heavy atom. The van der Waals surface area contributed by atoms with E-state index in [9.17, 15) is 17.2 Å². The summed E-state index contributed by atoms with van der Waals surface area (Å²) in [6, 6.07) is 5.61. The zero-order valence-electron chi connectivity index (χ0n) is 18.0. The number of aromatic nitrogens is 2. The van der Waals surface area contributed by atoms with Gasteiger partial charge in [0.1, 0.15) is 11.6 Å². The smallest absolute Gasteiger partial charge is 0.211 e. The zero-order chi connectivity index (χ0) is 22.2. The van der Waals surface area contributed by atoms with Gasteiger partial charge in [-0.1, -0.05) is 19.9 Å². The molecule has 31 heavy (non-hydrogen) atoms. The van der Waals surface area contributed by atoms with Crippen LogP contribution >= 0.6 is 0 Å². The van der Waals surface area contributed by atoms with Gasteiger partial charge >= 0.3 is 0 Å². The first-order valence-electron chi connectivity index (χ1n) is 10.8. The van der Waals surface area contributed by atoms with Gasteiger partial charge in [-0.25, -0.2) is 21.5 Å². The van der Waals surface area contributed by atoms with E-state index in [-0.39, 0.29) is 33.9 Å². The van der Waals surface area contributed by atoms with Crippen LogP contribution in [-0.4, -0.2) is 42.3 Å². The molecule has 2 aliphatic carbocycles. The first-order valence-corrected chi connectivity index (χ1v) is 12.7. The normalized spacial score (nSPS) is 29.8. The van der Waals surface area contributed by atoms with Crippen LogP contribution in [-0.2, 0) is 15.4 Å². The Morgan fingerprint density at radius 2 is 1.84 bits per heavy atom. The van der Waals surface area contributed by atoms with Gasteiger partial charge in [0.15, 0.2) is 0 Å². The third-order valence-electron chi connectivity index (χ3n) is 8.24. The zero-order valence-corrected chi connectivity index (χ0v) is 18.8. The summed E-state index contributed by atoms with van der Waals surface area (Å²) in [5.74, 6) is -0.951. The summed E-state index contributed by atoms with van der Waals surface area (Å²) in [5, 5.41) is 8.85. The summed E-state index contributed by atoms with van der Waals surface area (Å²) in [6.45, 7) is 5.50. The number of nitrogens with zero attached hydrogens (tertiary/aromatic N) is 3. The largest absolute Gasteiger partial charge is 0.213 e. The van der Waals surface area contributed by atoms with E-state index < -0.39 is 21.7 Å². The van der Waals surface area contributed by atoms with E-state index in [0.29, 0.717) is 13.1 Å². The second-order valence-electron chi connectivity index (χ2n) is 9.87. The van der Waals surface area contributed by atoms with Crippen molar-refractivity contribution in [3.05, 3.63) is 47.2 Å². The summed E-state index contributed by atoms with van der Waals surface area (Å²) in [7, 11) is -3.26. The number of piperidine rings is 1. The van der Waals surface area contributed by atoms with Gasteiger partial charge in [0.05, 0.1) is 23.2 Å². The molecule has 0 N–H and O–H groups in total. The van der Waals surface area contributed by atoms with Crippen molar-refractivity contribution in [2.24, 2.45) is 11.3 Å². The van der Waals surface area contributed by atoms with Crippen LogP contribution in [0.3, 0.4) is 0 Å². The minimum atomic E-state index is -3.26. The lowest BCUT2D eigenvalue weighted by Gasteiger charge is -2.47. The van der Waals surface area contributed by atoms with Gasteiger partial charge < -0.3 is 0 Å². The highest BCUT2D eigenvalue weighted by Crippen LogP contribution is 2.70. The number of fused-ring (bicyclic) bond motifs is 5. The highest BCUT2D eigenvalue weighted by molar-refractivity contribution is 7.88. The van der Waals surface area contributed by atoms with Gasteiger partial charge in [0.2, 0.25) is 10.0 Å². The van der Waals surface area contributed by atoms with Crippen molar-refractivity contribution in [3.8, 4) is 11.3 Å². The molecule has 0 radical (unpaired) electrons. The summed E-state index contributed by atoms with van der Waals surface area (Å²) in [4.78, 5) is 0. The molecule has 1 saturated heterocycles. The minimum Gasteiger partial charge on any atom is -0.213 e. The average Bonchev–Trinajstić information content (AvgIpc) is 3.09. The van der Waals surface area contributed by atoms with Crippen molar-refractivity contribution >= 4 is 10.0 Å². The molecule has 5 rings (SSSR count).